The number of thioether (sulfide) groups is 1. The third-order valence-corrected chi connectivity index (χ3v) is 8.01. The van der Waals surface area contributed by atoms with Crippen molar-refractivity contribution in [1.82, 2.24) is 4.90 Å². The van der Waals surface area contributed by atoms with E-state index in [-0.39, 0.29) is 29.8 Å². The summed E-state index contributed by atoms with van der Waals surface area (Å²) in [5.74, 6) is 0.689. The fraction of sp³-hybridized carbons (Fsp3) is 0.345. The van der Waals surface area contributed by atoms with Crippen molar-refractivity contribution in [3.05, 3.63) is 101 Å². The summed E-state index contributed by atoms with van der Waals surface area (Å²) in [6.45, 7) is 2.11. The summed E-state index contributed by atoms with van der Waals surface area (Å²) in [6, 6.07) is 20.1. The van der Waals surface area contributed by atoms with Crippen LogP contribution in [0, 0.1) is 18.6 Å². The van der Waals surface area contributed by atoms with Crippen LogP contribution in [0.15, 0.2) is 66.7 Å². The monoisotopic (exact) mass is 493 g/mol. The van der Waals surface area contributed by atoms with Crippen LogP contribution in [0.1, 0.15) is 52.7 Å². The number of carbonyl (C=O) groups excluding carboxylic acids is 1. The molecule has 2 atom stereocenters. The Morgan fingerprint density at radius 2 is 1.66 bits per heavy atom. The highest BCUT2D eigenvalue weighted by Crippen LogP contribution is 2.38. The van der Waals surface area contributed by atoms with E-state index >= 15 is 0 Å². The summed E-state index contributed by atoms with van der Waals surface area (Å²) >= 11 is 1.87. The number of ether oxygens (including phenoxy) is 1. The fourth-order valence-electron chi connectivity index (χ4n) is 5.29. The molecule has 3 nitrogen and oxygen atoms in total. The molecule has 0 N–H and O–H groups in total. The lowest BCUT2D eigenvalue weighted by Gasteiger charge is -2.39. The molecule has 0 aromatic heterocycles. The van der Waals surface area contributed by atoms with Gasteiger partial charge >= 0.3 is 0 Å². The quantitative estimate of drug-likeness (QED) is 0.358. The smallest absolute Gasteiger partial charge is 0.254 e. The van der Waals surface area contributed by atoms with Gasteiger partial charge in [0.25, 0.3) is 5.91 Å². The molecule has 35 heavy (non-hydrogen) atoms. The number of benzene rings is 3. The van der Waals surface area contributed by atoms with E-state index in [2.05, 4.69) is 31.2 Å². The van der Waals surface area contributed by atoms with E-state index in [0.29, 0.717) is 18.4 Å². The van der Waals surface area contributed by atoms with E-state index in [4.69, 9.17) is 4.74 Å². The molecule has 6 heteroatoms. The first-order chi connectivity index (χ1) is 17.0. The first kappa shape index (κ1) is 23.9. The number of aryl methyl sites for hydroxylation is 1. The van der Waals surface area contributed by atoms with E-state index < -0.39 is 11.6 Å². The molecule has 0 radical (unpaired) electrons. The standard InChI is InChI=1S/C29H29F2NO2S/c1-19-3-2-4-21(13-19)18-35-17-20-5-7-22(8-6-20)29(33)32-24-10-11-25(32)16-26(15-24)34-28-12-9-23(30)14-27(28)31/h2-9,12-14,24-26H,10-11,15-18H2,1H3/t24-,25-/m0/s1. The summed E-state index contributed by atoms with van der Waals surface area (Å²) in [4.78, 5) is 15.3. The molecule has 1 amide bonds. The second-order valence-corrected chi connectivity index (χ2v) is 10.5. The van der Waals surface area contributed by atoms with E-state index in [1.807, 2.05) is 40.9 Å². The molecule has 0 aliphatic carbocycles. The Bertz CT molecular complexity index is 1190. The summed E-state index contributed by atoms with van der Waals surface area (Å²) < 4.78 is 33.1. The number of rotatable bonds is 7. The first-order valence-corrected chi connectivity index (χ1v) is 13.3. The summed E-state index contributed by atoms with van der Waals surface area (Å²) in [5.41, 5.74) is 4.51. The predicted octanol–water partition coefficient (Wildman–Crippen LogP) is 6.92. The molecule has 2 saturated heterocycles. The zero-order valence-electron chi connectivity index (χ0n) is 19.8. The van der Waals surface area contributed by atoms with E-state index in [0.717, 1.165) is 30.4 Å². The second-order valence-electron chi connectivity index (χ2n) is 9.56. The molecule has 3 aromatic rings. The van der Waals surface area contributed by atoms with Gasteiger partial charge in [0.1, 0.15) is 11.9 Å². The van der Waals surface area contributed by atoms with Crippen molar-refractivity contribution in [3.8, 4) is 5.75 Å². The zero-order valence-corrected chi connectivity index (χ0v) is 20.6. The van der Waals surface area contributed by atoms with Gasteiger partial charge < -0.3 is 9.64 Å². The van der Waals surface area contributed by atoms with Crippen LogP contribution in [0.5, 0.6) is 5.75 Å². The molecule has 0 saturated carbocycles. The normalized spacial score (nSPS) is 21.2. The van der Waals surface area contributed by atoms with Crippen LogP contribution in [0.4, 0.5) is 8.78 Å². The van der Waals surface area contributed by atoms with Crippen LogP contribution >= 0.6 is 11.8 Å². The largest absolute Gasteiger partial charge is 0.487 e. The molecule has 182 valence electrons. The summed E-state index contributed by atoms with van der Waals surface area (Å²) in [5, 5.41) is 0. The molecule has 2 heterocycles. The van der Waals surface area contributed by atoms with Crippen molar-refractivity contribution in [2.75, 3.05) is 0 Å². The number of hydrogen-bond acceptors (Lipinski definition) is 3. The van der Waals surface area contributed by atoms with Gasteiger partial charge in [0, 0.05) is 48.1 Å². The van der Waals surface area contributed by atoms with E-state index in [9.17, 15) is 13.6 Å². The molecule has 2 fully saturated rings. The molecule has 3 aromatic carbocycles. The number of fused-ring (bicyclic) bond motifs is 2. The number of nitrogens with zero attached hydrogens (tertiary/aromatic N) is 1. The van der Waals surface area contributed by atoms with Gasteiger partial charge in [-0.3, -0.25) is 4.79 Å². The van der Waals surface area contributed by atoms with Gasteiger partial charge in [-0.1, -0.05) is 42.0 Å². The molecule has 2 aliphatic heterocycles. The highest BCUT2D eigenvalue weighted by molar-refractivity contribution is 7.97. The Morgan fingerprint density at radius 3 is 2.34 bits per heavy atom. The SMILES string of the molecule is Cc1cccc(CSCc2ccc(C(=O)N3[C@H]4CC[C@H]3CC(Oc3ccc(F)cc3F)C4)cc2)c1. The average Bonchev–Trinajstić information content (AvgIpc) is 3.11. The Kier molecular flexibility index (Phi) is 7.09. The van der Waals surface area contributed by atoms with Gasteiger partial charge in [0.05, 0.1) is 0 Å². The molecule has 0 spiro atoms. The van der Waals surface area contributed by atoms with Crippen LogP contribution in [0.3, 0.4) is 0 Å². The molecular formula is C29H29F2NO2S. The fourth-order valence-corrected chi connectivity index (χ4v) is 6.23. The Morgan fingerprint density at radius 1 is 0.943 bits per heavy atom. The Balaban J connectivity index is 1.17. The highest BCUT2D eigenvalue weighted by Gasteiger charge is 2.44. The maximum atomic E-state index is 14.0. The van der Waals surface area contributed by atoms with Crippen LogP contribution in [0.25, 0.3) is 0 Å². The molecule has 0 unspecified atom stereocenters. The van der Waals surface area contributed by atoms with E-state index in [1.54, 1.807) is 0 Å². The van der Waals surface area contributed by atoms with Crippen molar-refractivity contribution >= 4 is 17.7 Å². The van der Waals surface area contributed by atoms with Gasteiger partial charge in [0.15, 0.2) is 11.6 Å². The minimum Gasteiger partial charge on any atom is -0.487 e. The van der Waals surface area contributed by atoms with Gasteiger partial charge in [0.2, 0.25) is 0 Å². The lowest BCUT2D eigenvalue weighted by Crippen LogP contribution is -2.49. The van der Waals surface area contributed by atoms with Crippen molar-refractivity contribution in [2.45, 2.75) is 62.3 Å². The van der Waals surface area contributed by atoms with Crippen LogP contribution < -0.4 is 4.74 Å². The maximum Gasteiger partial charge on any atom is 0.254 e. The third-order valence-electron chi connectivity index (χ3n) is 6.93. The number of halogens is 2. The van der Waals surface area contributed by atoms with Crippen molar-refractivity contribution in [2.24, 2.45) is 0 Å². The maximum absolute atomic E-state index is 14.0. The van der Waals surface area contributed by atoms with Crippen LogP contribution in [-0.4, -0.2) is 29.0 Å². The average molecular weight is 494 g/mol. The Labute approximate surface area is 209 Å². The van der Waals surface area contributed by atoms with Gasteiger partial charge in [-0.05, 0) is 55.2 Å². The number of amides is 1. The molecule has 2 bridgehead atoms. The summed E-state index contributed by atoms with van der Waals surface area (Å²) in [7, 11) is 0. The minimum absolute atomic E-state index is 0.0582. The first-order valence-electron chi connectivity index (χ1n) is 12.1. The van der Waals surface area contributed by atoms with Gasteiger partial charge in [-0.25, -0.2) is 8.78 Å². The number of carbonyl (C=O) groups is 1. The summed E-state index contributed by atoms with van der Waals surface area (Å²) in [6.07, 6.45) is 3.00. The second kappa shape index (κ2) is 10.4. The van der Waals surface area contributed by atoms with Gasteiger partial charge in [-0.15, -0.1) is 0 Å². The lowest BCUT2D eigenvalue weighted by molar-refractivity contribution is 0.0349. The molecular weight excluding hydrogens is 464 g/mol. The lowest BCUT2D eigenvalue weighted by atomic mass is 9.98. The van der Waals surface area contributed by atoms with Crippen molar-refractivity contribution in [1.29, 1.82) is 0 Å². The topological polar surface area (TPSA) is 29.5 Å². The van der Waals surface area contributed by atoms with Crippen LogP contribution in [-0.2, 0) is 11.5 Å². The number of piperidine rings is 1. The van der Waals surface area contributed by atoms with Crippen molar-refractivity contribution in [3.63, 3.8) is 0 Å². The van der Waals surface area contributed by atoms with Gasteiger partial charge in [-0.2, -0.15) is 11.8 Å². The van der Waals surface area contributed by atoms with Crippen molar-refractivity contribution < 1.29 is 18.3 Å². The number of hydrogen-bond donors (Lipinski definition) is 0. The van der Waals surface area contributed by atoms with E-state index in [1.165, 1.54) is 28.8 Å². The Hall–Kier alpha value is -2.86. The minimum atomic E-state index is -0.687. The van der Waals surface area contributed by atoms with Crippen LogP contribution in [0.2, 0.25) is 0 Å². The highest BCUT2D eigenvalue weighted by atomic mass is 32.2. The zero-order chi connectivity index (χ0) is 24.4. The predicted molar refractivity (Wildman–Crippen MR) is 136 cm³/mol. The molecule has 5 rings (SSSR count). The third kappa shape index (κ3) is 5.53. The molecule has 2 aliphatic rings.